The van der Waals surface area contributed by atoms with Gasteiger partial charge in [0.2, 0.25) is 0 Å². The Morgan fingerprint density at radius 3 is 1.88 bits per heavy atom. The van der Waals surface area contributed by atoms with Crippen LogP contribution in [0.25, 0.3) is 22.6 Å². The molecule has 0 amide bonds. The molecule has 0 saturated heterocycles. The molecule has 0 fully saturated rings. The van der Waals surface area contributed by atoms with Crippen LogP contribution in [0.3, 0.4) is 0 Å². The van der Waals surface area contributed by atoms with Crippen molar-refractivity contribution < 1.29 is 28.2 Å². The Morgan fingerprint density at radius 1 is 0.654 bits per heavy atom. The first-order valence-electron chi connectivity index (χ1n) is 20.7. The summed E-state index contributed by atoms with van der Waals surface area (Å²) >= 11 is 0. The zero-order chi connectivity index (χ0) is 37.1. The largest absolute Gasteiger partial charge is 0.463 e. The normalized spacial score (nSPS) is 12.1. The molecule has 1 heterocycles. The molecule has 52 heavy (non-hydrogen) atoms. The lowest BCUT2D eigenvalue weighted by atomic mass is 10.0. The fraction of sp³-hybridized carbons (Fsp3) is 0.682. The molecule has 8 heteroatoms. The summed E-state index contributed by atoms with van der Waals surface area (Å²) in [5.74, 6) is -0.0596. The molecule has 3 rings (SSSR count). The van der Waals surface area contributed by atoms with E-state index in [9.17, 15) is 14.4 Å². The highest BCUT2D eigenvalue weighted by Crippen LogP contribution is 2.25. The van der Waals surface area contributed by atoms with Crippen molar-refractivity contribution in [2.45, 2.75) is 168 Å². The van der Waals surface area contributed by atoms with Gasteiger partial charge in [0.25, 0.3) is 0 Å². The first kappa shape index (κ1) is 43.3. The van der Waals surface area contributed by atoms with E-state index in [0.29, 0.717) is 54.4 Å². The van der Waals surface area contributed by atoms with E-state index in [2.05, 4.69) is 18.8 Å². The van der Waals surface area contributed by atoms with Gasteiger partial charge in [0.05, 0.1) is 6.61 Å². The van der Waals surface area contributed by atoms with E-state index < -0.39 is 0 Å². The van der Waals surface area contributed by atoms with Crippen molar-refractivity contribution in [3.05, 3.63) is 52.2 Å². The van der Waals surface area contributed by atoms with Crippen LogP contribution < -0.4 is 5.43 Å². The number of ketones is 1. The Labute approximate surface area is 313 Å². The zero-order valence-electron chi connectivity index (χ0n) is 32.4. The predicted octanol–water partition coefficient (Wildman–Crippen LogP) is 11.4. The molecule has 0 saturated carbocycles. The minimum atomic E-state index is -0.340. The monoisotopic (exact) mass is 721 g/mol. The number of unbranched alkanes of at least 4 members (excludes halogenated alkanes) is 18. The molecular weight excluding hydrogens is 654 g/mol. The molecule has 290 valence electrons. The molecule has 0 aromatic heterocycles. The third-order valence-corrected chi connectivity index (χ3v) is 9.69. The minimum absolute atomic E-state index is 0.0966. The maximum Gasteiger partial charge on any atom is 0.305 e. The average Bonchev–Trinajstić information content (AvgIpc) is 3.14. The molecular formula is C44H67NO7. The molecule has 1 aliphatic heterocycles. The molecule has 0 spiro atoms. The van der Waals surface area contributed by atoms with Crippen LogP contribution in [-0.4, -0.2) is 49.3 Å². The summed E-state index contributed by atoms with van der Waals surface area (Å²) in [5, 5.41) is 0. The van der Waals surface area contributed by atoms with Gasteiger partial charge in [-0.25, -0.2) is 4.98 Å². The SMILES string of the molecule is CCCCCCCCCCCCOC[C@H](COC(=O)CCCC(=O)c1ccc2nc3ccc(=O)cc-3oc2c1)OCCCCCCCCCCCC. The fourth-order valence-corrected chi connectivity index (χ4v) is 6.46. The number of carbonyl (C=O) groups is 2. The quantitative estimate of drug-likeness (QED) is 0.0271. The van der Waals surface area contributed by atoms with E-state index in [1.165, 1.54) is 121 Å². The van der Waals surface area contributed by atoms with Gasteiger partial charge < -0.3 is 18.6 Å². The molecule has 2 aliphatic rings. The summed E-state index contributed by atoms with van der Waals surface area (Å²) in [4.78, 5) is 41.8. The number of nitrogens with zero attached hydrogens (tertiary/aromatic N) is 1. The third-order valence-electron chi connectivity index (χ3n) is 9.69. The topological polar surface area (TPSA) is 105 Å². The highest BCUT2D eigenvalue weighted by molar-refractivity contribution is 5.98. The standard InChI is InChI=1S/C44H67NO7/c1-3-5-7-9-11-13-15-17-19-21-30-49-34-38(50-31-22-20-18-16-14-12-10-8-6-4-2)35-51-44(48)25-23-24-41(47)36-26-28-39-42(32-36)52-43-33-37(46)27-29-40(43)45-39/h26-29,32-33,38H,3-25,30-31,34-35H2,1-2H3/t38-/m1/s1. The number of carbonyl (C=O) groups excluding carboxylic acids is 2. The second kappa shape index (κ2) is 27.5. The second-order valence-electron chi connectivity index (χ2n) is 14.4. The summed E-state index contributed by atoms with van der Waals surface area (Å²) < 4.78 is 23.6. The number of Topliss-reactive ketones (excluding diaryl/α,β-unsaturated/α-hetero) is 1. The van der Waals surface area contributed by atoms with Gasteiger partial charge in [0, 0.05) is 37.7 Å². The van der Waals surface area contributed by atoms with E-state index in [1.807, 2.05) is 0 Å². The molecule has 1 atom stereocenters. The van der Waals surface area contributed by atoms with Crippen LogP contribution >= 0.6 is 0 Å². The van der Waals surface area contributed by atoms with Crippen LogP contribution in [0.15, 0.2) is 45.6 Å². The van der Waals surface area contributed by atoms with E-state index in [-0.39, 0.29) is 42.7 Å². The summed E-state index contributed by atoms with van der Waals surface area (Å²) in [6, 6.07) is 9.55. The third kappa shape index (κ3) is 18.6. The van der Waals surface area contributed by atoms with Crippen molar-refractivity contribution in [2.24, 2.45) is 0 Å². The molecule has 0 unspecified atom stereocenters. The van der Waals surface area contributed by atoms with Crippen LogP contribution in [0.5, 0.6) is 0 Å². The molecule has 0 N–H and O–H groups in total. The number of fused-ring (bicyclic) bond motifs is 2. The smallest absolute Gasteiger partial charge is 0.305 e. The minimum Gasteiger partial charge on any atom is -0.463 e. The Hall–Kier alpha value is -3.10. The zero-order valence-corrected chi connectivity index (χ0v) is 32.4. The summed E-state index contributed by atoms with van der Waals surface area (Å²) in [5.41, 5.74) is 1.92. The second-order valence-corrected chi connectivity index (χ2v) is 14.4. The van der Waals surface area contributed by atoms with Crippen molar-refractivity contribution >= 4 is 22.9 Å². The lowest BCUT2D eigenvalue weighted by Crippen LogP contribution is -2.28. The number of benzene rings is 2. The van der Waals surface area contributed by atoms with Crippen molar-refractivity contribution in [2.75, 3.05) is 26.4 Å². The van der Waals surface area contributed by atoms with Crippen molar-refractivity contribution in [1.82, 2.24) is 4.98 Å². The van der Waals surface area contributed by atoms with Crippen molar-refractivity contribution in [1.29, 1.82) is 0 Å². The van der Waals surface area contributed by atoms with E-state index in [4.69, 9.17) is 18.6 Å². The fourth-order valence-electron chi connectivity index (χ4n) is 6.46. The van der Waals surface area contributed by atoms with Crippen LogP contribution in [0.2, 0.25) is 0 Å². The number of hydrogen-bond acceptors (Lipinski definition) is 8. The van der Waals surface area contributed by atoms with E-state index in [1.54, 1.807) is 24.3 Å². The number of hydrogen-bond donors (Lipinski definition) is 0. The maximum atomic E-state index is 12.9. The number of esters is 1. The van der Waals surface area contributed by atoms with Gasteiger partial charge in [-0.1, -0.05) is 129 Å². The highest BCUT2D eigenvalue weighted by atomic mass is 16.6. The van der Waals surface area contributed by atoms with Crippen molar-refractivity contribution in [3.8, 4) is 11.5 Å². The number of ether oxygens (including phenoxy) is 3. The van der Waals surface area contributed by atoms with Gasteiger partial charge in [-0.05, 0) is 49.6 Å². The Kier molecular flexibility index (Phi) is 22.9. The Bertz CT molecular complexity index is 1420. The molecule has 1 aromatic rings. The van der Waals surface area contributed by atoms with Gasteiger partial charge >= 0.3 is 5.97 Å². The lowest BCUT2D eigenvalue weighted by molar-refractivity contribution is -0.150. The lowest BCUT2D eigenvalue weighted by Gasteiger charge is -2.18. The van der Waals surface area contributed by atoms with Gasteiger partial charge in [-0.3, -0.25) is 14.4 Å². The van der Waals surface area contributed by atoms with E-state index in [0.717, 1.165) is 19.3 Å². The summed E-state index contributed by atoms with van der Waals surface area (Å²) in [6.45, 7) is 6.41. The Balaban J connectivity index is 1.34. The maximum absolute atomic E-state index is 12.9. The summed E-state index contributed by atoms with van der Waals surface area (Å²) in [7, 11) is 0. The van der Waals surface area contributed by atoms with E-state index >= 15 is 0 Å². The van der Waals surface area contributed by atoms with Crippen molar-refractivity contribution in [3.63, 3.8) is 0 Å². The molecule has 8 nitrogen and oxygen atoms in total. The highest BCUT2D eigenvalue weighted by Gasteiger charge is 2.16. The van der Waals surface area contributed by atoms with Crippen LogP contribution in [0, 0.1) is 0 Å². The first-order chi connectivity index (χ1) is 25.5. The Morgan fingerprint density at radius 2 is 1.25 bits per heavy atom. The summed E-state index contributed by atoms with van der Waals surface area (Å²) in [6.07, 6.45) is 25.9. The average molecular weight is 722 g/mol. The predicted molar refractivity (Wildman–Crippen MR) is 210 cm³/mol. The van der Waals surface area contributed by atoms with Crippen LogP contribution in [0.4, 0.5) is 0 Å². The van der Waals surface area contributed by atoms with Gasteiger partial charge in [0.1, 0.15) is 23.9 Å². The first-order valence-corrected chi connectivity index (χ1v) is 20.7. The molecule has 1 aromatic carbocycles. The molecule has 0 bridgehead atoms. The van der Waals surface area contributed by atoms with Crippen LogP contribution in [-0.2, 0) is 19.0 Å². The van der Waals surface area contributed by atoms with Gasteiger partial charge in [-0.15, -0.1) is 0 Å². The van der Waals surface area contributed by atoms with Crippen LogP contribution in [0.1, 0.15) is 172 Å². The van der Waals surface area contributed by atoms with Gasteiger partial charge in [0.15, 0.2) is 22.6 Å². The van der Waals surface area contributed by atoms with Gasteiger partial charge in [-0.2, -0.15) is 0 Å². The molecule has 1 aliphatic carbocycles. The number of aromatic nitrogens is 1. The number of rotatable bonds is 32. The molecule has 0 radical (unpaired) electrons.